The number of aromatic nitrogens is 3. The summed E-state index contributed by atoms with van der Waals surface area (Å²) in [7, 11) is 0. The largest absolute Gasteiger partial charge is 0.461 e. The number of esters is 1. The molecule has 118 valence electrons. The maximum atomic E-state index is 11.9. The van der Waals surface area contributed by atoms with Crippen LogP contribution in [0, 0.1) is 30.9 Å². The Morgan fingerprint density at radius 3 is 2.64 bits per heavy atom. The third-order valence-corrected chi connectivity index (χ3v) is 3.29. The standard InChI is InChI=1S/C13H16N4O5/c1-5-21-13(18)11-10(9(4)22-15-11)6-16-8(3)12(17(19)20)7(2)14-16/h5-6H2,1-4H3. The highest BCUT2D eigenvalue weighted by atomic mass is 16.6. The van der Waals surface area contributed by atoms with Crippen LogP contribution in [0.1, 0.15) is 40.1 Å². The van der Waals surface area contributed by atoms with Gasteiger partial charge in [0.05, 0.1) is 23.6 Å². The molecule has 22 heavy (non-hydrogen) atoms. The van der Waals surface area contributed by atoms with E-state index in [-0.39, 0.29) is 24.5 Å². The minimum absolute atomic E-state index is 0.0354. The summed E-state index contributed by atoms with van der Waals surface area (Å²) in [4.78, 5) is 22.4. The molecule has 0 bridgehead atoms. The molecular formula is C13H16N4O5. The Kier molecular flexibility index (Phi) is 4.25. The van der Waals surface area contributed by atoms with Crippen LogP contribution in [0.5, 0.6) is 0 Å². The Hall–Kier alpha value is -2.71. The van der Waals surface area contributed by atoms with Gasteiger partial charge in [-0.2, -0.15) is 5.10 Å². The van der Waals surface area contributed by atoms with E-state index in [9.17, 15) is 14.9 Å². The van der Waals surface area contributed by atoms with Gasteiger partial charge in [-0.1, -0.05) is 5.16 Å². The Balaban J connectivity index is 2.40. The quantitative estimate of drug-likeness (QED) is 0.471. The lowest BCUT2D eigenvalue weighted by molar-refractivity contribution is -0.386. The topological polar surface area (TPSA) is 113 Å². The fourth-order valence-electron chi connectivity index (χ4n) is 2.19. The van der Waals surface area contributed by atoms with Gasteiger partial charge in [-0.3, -0.25) is 14.8 Å². The summed E-state index contributed by atoms with van der Waals surface area (Å²) in [5.41, 5.74) is 1.24. The first kappa shape index (κ1) is 15.7. The number of ether oxygens (including phenoxy) is 1. The van der Waals surface area contributed by atoms with Crippen LogP contribution in [-0.4, -0.2) is 32.4 Å². The lowest BCUT2D eigenvalue weighted by Crippen LogP contribution is -2.12. The van der Waals surface area contributed by atoms with Crippen molar-refractivity contribution in [3.8, 4) is 0 Å². The fraction of sp³-hybridized carbons (Fsp3) is 0.462. The molecule has 0 radical (unpaired) electrons. The summed E-state index contributed by atoms with van der Waals surface area (Å²) >= 11 is 0. The van der Waals surface area contributed by atoms with Crippen molar-refractivity contribution >= 4 is 11.7 Å². The molecule has 0 aromatic carbocycles. The summed E-state index contributed by atoms with van der Waals surface area (Å²) in [5.74, 6) is -0.149. The molecule has 0 aliphatic carbocycles. The fourth-order valence-corrected chi connectivity index (χ4v) is 2.19. The molecule has 9 heteroatoms. The predicted octanol–water partition coefficient (Wildman–Crippen LogP) is 1.93. The highest BCUT2D eigenvalue weighted by molar-refractivity contribution is 5.88. The molecule has 0 amide bonds. The van der Waals surface area contributed by atoms with Gasteiger partial charge >= 0.3 is 11.7 Å². The van der Waals surface area contributed by atoms with Crippen molar-refractivity contribution in [1.82, 2.24) is 14.9 Å². The van der Waals surface area contributed by atoms with Crippen molar-refractivity contribution in [1.29, 1.82) is 0 Å². The van der Waals surface area contributed by atoms with Crippen LogP contribution in [0.4, 0.5) is 5.69 Å². The summed E-state index contributed by atoms with van der Waals surface area (Å²) in [5, 5.41) is 18.9. The summed E-state index contributed by atoms with van der Waals surface area (Å²) < 4.78 is 11.4. The van der Waals surface area contributed by atoms with Crippen LogP contribution in [-0.2, 0) is 11.3 Å². The zero-order chi connectivity index (χ0) is 16.4. The first-order chi connectivity index (χ1) is 10.4. The highest BCUT2D eigenvalue weighted by Crippen LogP contribution is 2.24. The SMILES string of the molecule is CCOC(=O)c1noc(C)c1Cn1nc(C)c([N+](=O)[O-])c1C. The Morgan fingerprint density at radius 2 is 2.09 bits per heavy atom. The number of aryl methyl sites for hydroxylation is 2. The number of hydrogen-bond acceptors (Lipinski definition) is 7. The van der Waals surface area contributed by atoms with E-state index < -0.39 is 10.9 Å². The second-order valence-electron chi connectivity index (χ2n) is 4.72. The third-order valence-electron chi connectivity index (χ3n) is 3.29. The second-order valence-corrected chi connectivity index (χ2v) is 4.72. The summed E-state index contributed by atoms with van der Waals surface area (Å²) in [6.07, 6.45) is 0. The highest BCUT2D eigenvalue weighted by Gasteiger charge is 2.26. The number of nitro groups is 1. The van der Waals surface area contributed by atoms with E-state index in [0.717, 1.165) is 0 Å². The molecule has 0 N–H and O–H groups in total. The van der Waals surface area contributed by atoms with Gasteiger partial charge < -0.3 is 9.26 Å². The average Bonchev–Trinajstić information content (AvgIpc) is 2.92. The lowest BCUT2D eigenvalue weighted by atomic mass is 10.2. The van der Waals surface area contributed by atoms with E-state index in [2.05, 4.69) is 10.3 Å². The number of carbonyl (C=O) groups is 1. The molecule has 0 aliphatic heterocycles. The van der Waals surface area contributed by atoms with Gasteiger partial charge in [-0.15, -0.1) is 0 Å². The molecule has 0 saturated carbocycles. The molecule has 9 nitrogen and oxygen atoms in total. The first-order valence-corrected chi connectivity index (χ1v) is 6.67. The molecule has 0 atom stereocenters. The first-order valence-electron chi connectivity index (χ1n) is 6.67. The van der Waals surface area contributed by atoms with Crippen molar-refractivity contribution in [3.05, 3.63) is 38.5 Å². The van der Waals surface area contributed by atoms with E-state index in [1.165, 1.54) is 4.68 Å². The molecular weight excluding hydrogens is 292 g/mol. The molecule has 2 aromatic heterocycles. The minimum atomic E-state index is -0.592. The molecule has 2 heterocycles. The van der Waals surface area contributed by atoms with Crippen LogP contribution in [0.25, 0.3) is 0 Å². The average molecular weight is 308 g/mol. The molecule has 2 rings (SSSR count). The zero-order valence-electron chi connectivity index (χ0n) is 12.7. The van der Waals surface area contributed by atoms with Crippen LogP contribution < -0.4 is 0 Å². The maximum absolute atomic E-state index is 11.9. The molecule has 0 aliphatic rings. The lowest BCUT2D eigenvalue weighted by Gasteiger charge is -2.04. The van der Waals surface area contributed by atoms with Crippen LogP contribution in [0.15, 0.2) is 4.52 Å². The number of carbonyl (C=O) groups excluding carboxylic acids is 1. The van der Waals surface area contributed by atoms with Crippen molar-refractivity contribution in [2.75, 3.05) is 6.61 Å². The van der Waals surface area contributed by atoms with Crippen molar-refractivity contribution in [3.63, 3.8) is 0 Å². The van der Waals surface area contributed by atoms with Gasteiger partial charge in [0.25, 0.3) is 0 Å². The Bertz CT molecular complexity index is 731. The van der Waals surface area contributed by atoms with Gasteiger partial charge in [0.15, 0.2) is 5.69 Å². The van der Waals surface area contributed by atoms with E-state index in [1.807, 2.05) is 0 Å². The second kappa shape index (κ2) is 5.96. The third kappa shape index (κ3) is 2.69. The van der Waals surface area contributed by atoms with Gasteiger partial charge in [0.2, 0.25) is 0 Å². The molecule has 0 fully saturated rings. The van der Waals surface area contributed by atoms with E-state index in [4.69, 9.17) is 9.26 Å². The van der Waals surface area contributed by atoms with Gasteiger partial charge in [0.1, 0.15) is 17.1 Å². The van der Waals surface area contributed by atoms with Crippen molar-refractivity contribution in [2.24, 2.45) is 0 Å². The minimum Gasteiger partial charge on any atom is -0.461 e. The molecule has 0 saturated heterocycles. The monoisotopic (exact) mass is 308 g/mol. The van der Waals surface area contributed by atoms with Crippen molar-refractivity contribution in [2.45, 2.75) is 34.2 Å². The summed E-state index contributed by atoms with van der Waals surface area (Å²) in [6, 6.07) is 0. The summed E-state index contributed by atoms with van der Waals surface area (Å²) in [6.45, 7) is 6.87. The van der Waals surface area contributed by atoms with Gasteiger partial charge in [0, 0.05) is 0 Å². The van der Waals surface area contributed by atoms with E-state index in [0.29, 0.717) is 22.7 Å². The maximum Gasteiger partial charge on any atom is 0.360 e. The Labute approximate surface area is 126 Å². The molecule has 0 unspecified atom stereocenters. The smallest absolute Gasteiger partial charge is 0.360 e. The number of nitrogens with zero attached hydrogens (tertiary/aromatic N) is 4. The molecule has 2 aromatic rings. The van der Waals surface area contributed by atoms with Gasteiger partial charge in [-0.25, -0.2) is 4.79 Å². The van der Waals surface area contributed by atoms with Crippen LogP contribution in [0.2, 0.25) is 0 Å². The predicted molar refractivity (Wildman–Crippen MR) is 74.7 cm³/mol. The molecule has 0 spiro atoms. The van der Waals surface area contributed by atoms with Gasteiger partial charge in [-0.05, 0) is 27.7 Å². The van der Waals surface area contributed by atoms with E-state index in [1.54, 1.807) is 27.7 Å². The van der Waals surface area contributed by atoms with Crippen LogP contribution >= 0.6 is 0 Å². The number of rotatable bonds is 5. The normalized spacial score (nSPS) is 10.7. The van der Waals surface area contributed by atoms with Crippen LogP contribution in [0.3, 0.4) is 0 Å². The van der Waals surface area contributed by atoms with E-state index >= 15 is 0 Å². The Morgan fingerprint density at radius 1 is 1.41 bits per heavy atom. The number of hydrogen-bond donors (Lipinski definition) is 0. The van der Waals surface area contributed by atoms with Crippen molar-refractivity contribution < 1.29 is 19.0 Å². The zero-order valence-corrected chi connectivity index (χ0v) is 12.7.